The fourth-order valence-corrected chi connectivity index (χ4v) is 3.84. The fourth-order valence-electron chi connectivity index (χ4n) is 3.46. The Labute approximate surface area is 157 Å². The first-order valence-electron chi connectivity index (χ1n) is 8.94. The summed E-state index contributed by atoms with van der Waals surface area (Å²) >= 11 is 6.27. The van der Waals surface area contributed by atoms with Crippen molar-refractivity contribution in [2.45, 2.75) is 32.2 Å². The molecule has 0 saturated carbocycles. The third-order valence-corrected chi connectivity index (χ3v) is 5.28. The molecule has 0 spiro atoms. The lowest BCUT2D eigenvalue weighted by Crippen LogP contribution is -2.42. The molecule has 5 nitrogen and oxygen atoms in total. The van der Waals surface area contributed by atoms with Crippen LogP contribution in [-0.4, -0.2) is 35.3 Å². The Morgan fingerprint density at radius 1 is 1.42 bits per heavy atom. The Balaban J connectivity index is 1.67. The maximum absolute atomic E-state index is 13.2. The zero-order valence-electron chi connectivity index (χ0n) is 15.0. The summed E-state index contributed by atoms with van der Waals surface area (Å²) in [5.74, 6) is 0.0674. The first kappa shape index (κ1) is 18.9. The molecule has 7 heteroatoms. The Kier molecular flexibility index (Phi) is 5.94. The summed E-state index contributed by atoms with van der Waals surface area (Å²) in [7, 11) is 0. The zero-order valence-corrected chi connectivity index (χ0v) is 15.8. The molecule has 140 valence electrons. The first-order chi connectivity index (χ1) is 12.5. The fraction of sp³-hybridized carbons (Fsp3) is 0.474. The van der Waals surface area contributed by atoms with Crippen molar-refractivity contribution in [1.29, 1.82) is 0 Å². The lowest BCUT2D eigenvalue weighted by Gasteiger charge is -2.32. The van der Waals surface area contributed by atoms with Gasteiger partial charge in [-0.15, -0.1) is 0 Å². The Bertz CT molecular complexity index is 759. The summed E-state index contributed by atoms with van der Waals surface area (Å²) in [6.07, 6.45) is 2.46. The summed E-state index contributed by atoms with van der Waals surface area (Å²) in [5, 5.41) is 10.9. The normalized spacial score (nSPS) is 20.3. The highest BCUT2D eigenvalue weighted by atomic mass is 35.5. The van der Waals surface area contributed by atoms with E-state index in [2.05, 4.69) is 15.7 Å². The van der Waals surface area contributed by atoms with Crippen molar-refractivity contribution >= 4 is 17.5 Å². The molecular formula is C19H24ClFN4O. The predicted octanol–water partition coefficient (Wildman–Crippen LogP) is 3.38. The number of halogens is 2. The van der Waals surface area contributed by atoms with Gasteiger partial charge in [-0.05, 0) is 56.3 Å². The summed E-state index contributed by atoms with van der Waals surface area (Å²) < 4.78 is 14.8. The largest absolute Gasteiger partial charge is 0.352 e. The van der Waals surface area contributed by atoms with Crippen LogP contribution in [0.3, 0.4) is 0 Å². The van der Waals surface area contributed by atoms with E-state index in [-0.39, 0.29) is 29.6 Å². The van der Waals surface area contributed by atoms with Gasteiger partial charge in [-0.2, -0.15) is 5.10 Å². The molecule has 1 fully saturated rings. The SMILES string of the molecule is CC(C)n1ncc(C(=O)NC[C@@H]2CNCC[C@@H]2c2ccc(F)cc2)c1Cl. The maximum Gasteiger partial charge on any atom is 0.256 e. The molecule has 0 unspecified atom stereocenters. The van der Waals surface area contributed by atoms with Gasteiger partial charge in [-0.3, -0.25) is 9.48 Å². The molecule has 0 bridgehead atoms. The van der Waals surface area contributed by atoms with Crippen LogP contribution in [-0.2, 0) is 0 Å². The number of aromatic nitrogens is 2. The summed E-state index contributed by atoms with van der Waals surface area (Å²) in [5.41, 5.74) is 1.50. The minimum absolute atomic E-state index is 0.0921. The molecule has 2 aromatic rings. The van der Waals surface area contributed by atoms with Gasteiger partial charge in [-0.1, -0.05) is 23.7 Å². The van der Waals surface area contributed by atoms with Crippen molar-refractivity contribution in [3.05, 3.63) is 52.6 Å². The topological polar surface area (TPSA) is 59.0 Å². The van der Waals surface area contributed by atoms with Crippen LogP contribution in [0.1, 0.15) is 48.1 Å². The first-order valence-corrected chi connectivity index (χ1v) is 9.32. The molecule has 3 rings (SSSR count). The van der Waals surface area contributed by atoms with E-state index < -0.39 is 0 Å². The van der Waals surface area contributed by atoms with Gasteiger partial charge in [0.15, 0.2) is 0 Å². The van der Waals surface area contributed by atoms with E-state index in [1.165, 1.54) is 18.3 Å². The number of piperidine rings is 1. The molecule has 0 radical (unpaired) electrons. The number of carbonyl (C=O) groups is 1. The molecule has 1 aromatic heterocycles. The number of nitrogens with zero attached hydrogens (tertiary/aromatic N) is 2. The van der Waals surface area contributed by atoms with E-state index in [0.29, 0.717) is 17.3 Å². The number of nitrogens with one attached hydrogen (secondary N) is 2. The average Bonchev–Trinajstić information content (AvgIpc) is 3.02. The van der Waals surface area contributed by atoms with E-state index in [1.54, 1.807) is 4.68 Å². The van der Waals surface area contributed by atoms with Crippen LogP contribution >= 0.6 is 11.6 Å². The monoisotopic (exact) mass is 378 g/mol. The summed E-state index contributed by atoms with van der Waals surface area (Å²) in [4.78, 5) is 12.5. The lowest BCUT2D eigenvalue weighted by atomic mass is 9.81. The second-order valence-electron chi connectivity index (χ2n) is 7.01. The summed E-state index contributed by atoms with van der Waals surface area (Å²) in [6, 6.07) is 6.75. The van der Waals surface area contributed by atoms with Gasteiger partial charge in [0.05, 0.1) is 11.8 Å². The van der Waals surface area contributed by atoms with Crippen LogP contribution < -0.4 is 10.6 Å². The van der Waals surface area contributed by atoms with Gasteiger partial charge >= 0.3 is 0 Å². The van der Waals surface area contributed by atoms with Crippen molar-refractivity contribution in [2.75, 3.05) is 19.6 Å². The molecule has 1 aromatic carbocycles. The quantitative estimate of drug-likeness (QED) is 0.838. The maximum atomic E-state index is 13.2. The zero-order chi connectivity index (χ0) is 18.7. The molecule has 1 aliphatic rings. The molecule has 2 atom stereocenters. The van der Waals surface area contributed by atoms with E-state index in [9.17, 15) is 9.18 Å². The average molecular weight is 379 g/mol. The minimum Gasteiger partial charge on any atom is -0.352 e. The van der Waals surface area contributed by atoms with E-state index >= 15 is 0 Å². The molecule has 26 heavy (non-hydrogen) atoms. The van der Waals surface area contributed by atoms with Crippen LogP contribution in [0.5, 0.6) is 0 Å². The standard InChI is InChI=1S/C19H24ClFN4O/c1-12(2)25-18(20)17(11-24-25)19(26)23-10-14-9-22-8-7-16(14)13-3-5-15(21)6-4-13/h3-6,11-12,14,16,22H,7-10H2,1-2H3,(H,23,26)/t14-,16+/m0/s1. The molecule has 0 aliphatic carbocycles. The number of amides is 1. The van der Waals surface area contributed by atoms with E-state index in [1.807, 2.05) is 26.0 Å². The number of benzene rings is 1. The van der Waals surface area contributed by atoms with Crippen molar-refractivity contribution in [2.24, 2.45) is 5.92 Å². The Hall–Kier alpha value is -1.92. The third-order valence-electron chi connectivity index (χ3n) is 4.90. The van der Waals surface area contributed by atoms with Gasteiger partial charge in [-0.25, -0.2) is 4.39 Å². The van der Waals surface area contributed by atoms with Crippen LogP contribution in [0.25, 0.3) is 0 Å². The molecule has 2 heterocycles. The predicted molar refractivity (Wildman–Crippen MR) is 100 cm³/mol. The molecule has 2 N–H and O–H groups in total. The van der Waals surface area contributed by atoms with Crippen LogP contribution in [0, 0.1) is 11.7 Å². The van der Waals surface area contributed by atoms with Crippen molar-refractivity contribution in [1.82, 2.24) is 20.4 Å². The summed E-state index contributed by atoms with van der Waals surface area (Å²) in [6.45, 7) is 6.17. The minimum atomic E-state index is -0.232. The highest BCUT2D eigenvalue weighted by Crippen LogP contribution is 2.30. The van der Waals surface area contributed by atoms with Gasteiger partial charge in [0.2, 0.25) is 0 Å². The third kappa shape index (κ3) is 4.07. The lowest BCUT2D eigenvalue weighted by molar-refractivity contribution is 0.0942. The van der Waals surface area contributed by atoms with Gasteiger partial charge in [0.25, 0.3) is 5.91 Å². The van der Waals surface area contributed by atoms with Gasteiger partial charge in [0, 0.05) is 19.1 Å². The highest BCUT2D eigenvalue weighted by molar-refractivity contribution is 6.32. The van der Waals surface area contributed by atoms with Crippen LogP contribution in [0.4, 0.5) is 4.39 Å². The molecular weight excluding hydrogens is 355 g/mol. The number of hydrogen-bond acceptors (Lipinski definition) is 3. The van der Waals surface area contributed by atoms with Gasteiger partial charge in [0.1, 0.15) is 11.0 Å². The Morgan fingerprint density at radius 2 is 2.15 bits per heavy atom. The number of rotatable bonds is 5. The number of hydrogen-bond donors (Lipinski definition) is 2. The van der Waals surface area contributed by atoms with Crippen molar-refractivity contribution in [3.63, 3.8) is 0 Å². The molecule has 1 amide bonds. The van der Waals surface area contributed by atoms with Gasteiger partial charge < -0.3 is 10.6 Å². The highest BCUT2D eigenvalue weighted by Gasteiger charge is 2.27. The Morgan fingerprint density at radius 3 is 2.81 bits per heavy atom. The van der Waals surface area contributed by atoms with Crippen LogP contribution in [0.2, 0.25) is 5.15 Å². The second kappa shape index (κ2) is 8.18. The molecule has 1 saturated heterocycles. The van der Waals surface area contributed by atoms with Crippen LogP contribution in [0.15, 0.2) is 30.5 Å². The number of carbonyl (C=O) groups excluding carboxylic acids is 1. The smallest absolute Gasteiger partial charge is 0.256 e. The van der Waals surface area contributed by atoms with E-state index in [4.69, 9.17) is 11.6 Å². The van der Waals surface area contributed by atoms with Crippen molar-refractivity contribution in [3.8, 4) is 0 Å². The second-order valence-corrected chi connectivity index (χ2v) is 7.37. The van der Waals surface area contributed by atoms with Crippen molar-refractivity contribution < 1.29 is 9.18 Å². The van der Waals surface area contributed by atoms with E-state index in [0.717, 1.165) is 25.1 Å². The molecule has 1 aliphatic heterocycles.